The summed E-state index contributed by atoms with van der Waals surface area (Å²) in [5, 5.41) is 8.89. The smallest absolute Gasteiger partial charge is 0.326 e. The van der Waals surface area contributed by atoms with Gasteiger partial charge in [-0.15, -0.1) is 0 Å². The molecule has 1 atom stereocenters. The van der Waals surface area contributed by atoms with E-state index in [2.05, 4.69) is 0 Å². The number of ether oxygens (including phenoxy) is 1. The number of likely N-dealkylation sites (N-methyl/N-ethyl adjacent to an activating group) is 1. The third-order valence-corrected chi connectivity index (χ3v) is 2.92. The fourth-order valence-electron chi connectivity index (χ4n) is 1.53. The molecular weight excluding hydrogens is 234 g/mol. The summed E-state index contributed by atoms with van der Waals surface area (Å²) in [6.45, 7) is 3.26. The van der Waals surface area contributed by atoms with E-state index in [1.807, 2.05) is 0 Å². The van der Waals surface area contributed by atoms with Crippen molar-refractivity contribution >= 4 is 11.9 Å². The number of benzene rings is 1. The van der Waals surface area contributed by atoms with Crippen LogP contribution in [-0.4, -0.2) is 42.1 Å². The third-order valence-electron chi connectivity index (χ3n) is 2.92. The maximum atomic E-state index is 12.1. The van der Waals surface area contributed by atoms with Gasteiger partial charge >= 0.3 is 5.97 Å². The van der Waals surface area contributed by atoms with E-state index < -0.39 is 12.0 Å². The van der Waals surface area contributed by atoms with Gasteiger partial charge in [-0.2, -0.15) is 0 Å². The summed E-state index contributed by atoms with van der Waals surface area (Å²) in [6.07, 6.45) is 0. The molecule has 0 saturated heterocycles. The summed E-state index contributed by atoms with van der Waals surface area (Å²) in [5.74, 6) is -0.681. The van der Waals surface area contributed by atoms with Crippen molar-refractivity contribution in [2.75, 3.05) is 14.2 Å². The van der Waals surface area contributed by atoms with Crippen LogP contribution in [0, 0.1) is 6.92 Å². The molecule has 98 valence electrons. The standard InChI is InChI=1S/C13H17NO4/c1-8-7-10(18-4)5-6-11(8)12(15)14(3)9(2)13(16)17/h5-7,9H,1-4H3,(H,16,17). The van der Waals surface area contributed by atoms with E-state index in [9.17, 15) is 9.59 Å². The predicted molar refractivity (Wildman–Crippen MR) is 66.9 cm³/mol. The Morgan fingerprint density at radius 2 is 2.00 bits per heavy atom. The van der Waals surface area contributed by atoms with Gasteiger partial charge in [0.1, 0.15) is 11.8 Å². The molecule has 0 aliphatic carbocycles. The Labute approximate surface area is 106 Å². The Morgan fingerprint density at radius 1 is 1.39 bits per heavy atom. The maximum absolute atomic E-state index is 12.1. The Kier molecular flexibility index (Phi) is 4.31. The van der Waals surface area contributed by atoms with Gasteiger partial charge in [-0.25, -0.2) is 4.79 Å². The number of aliphatic carboxylic acids is 1. The van der Waals surface area contributed by atoms with Crippen molar-refractivity contribution in [3.8, 4) is 5.75 Å². The van der Waals surface area contributed by atoms with Gasteiger partial charge in [-0.05, 0) is 37.6 Å². The Bertz CT molecular complexity index is 470. The monoisotopic (exact) mass is 251 g/mol. The topological polar surface area (TPSA) is 66.8 Å². The average molecular weight is 251 g/mol. The Balaban J connectivity index is 3.00. The number of nitrogens with zero attached hydrogens (tertiary/aromatic N) is 1. The quantitative estimate of drug-likeness (QED) is 0.881. The van der Waals surface area contributed by atoms with Gasteiger partial charge in [-0.1, -0.05) is 0 Å². The fraction of sp³-hybridized carbons (Fsp3) is 0.385. The summed E-state index contributed by atoms with van der Waals surface area (Å²) in [6, 6.07) is 4.20. The number of methoxy groups -OCH3 is 1. The molecule has 1 unspecified atom stereocenters. The van der Waals surface area contributed by atoms with Crippen molar-refractivity contribution < 1.29 is 19.4 Å². The van der Waals surface area contributed by atoms with Crippen LogP contribution in [0.15, 0.2) is 18.2 Å². The van der Waals surface area contributed by atoms with Crippen molar-refractivity contribution in [2.45, 2.75) is 19.9 Å². The predicted octanol–water partition coefficient (Wildman–Crippen LogP) is 1.55. The number of carbonyl (C=O) groups excluding carboxylic acids is 1. The van der Waals surface area contributed by atoms with Crippen LogP contribution in [0.3, 0.4) is 0 Å². The minimum absolute atomic E-state index is 0.315. The van der Waals surface area contributed by atoms with Crippen LogP contribution < -0.4 is 4.74 Å². The fourth-order valence-corrected chi connectivity index (χ4v) is 1.53. The van der Waals surface area contributed by atoms with E-state index in [0.29, 0.717) is 11.3 Å². The van der Waals surface area contributed by atoms with Gasteiger partial charge in [0, 0.05) is 12.6 Å². The first-order chi connectivity index (χ1) is 8.38. The molecule has 0 aliphatic heterocycles. The molecule has 5 heteroatoms. The van der Waals surface area contributed by atoms with E-state index >= 15 is 0 Å². The van der Waals surface area contributed by atoms with Crippen molar-refractivity contribution in [3.63, 3.8) is 0 Å². The molecule has 5 nitrogen and oxygen atoms in total. The minimum Gasteiger partial charge on any atom is -0.497 e. The summed E-state index contributed by atoms with van der Waals surface area (Å²) >= 11 is 0. The number of carboxylic acids is 1. The maximum Gasteiger partial charge on any atom is 0.326 e. The first kappa shape index (κ1) is 14.0. The molecule has 0 fully saturated rings. The second kappa shape index (κ2) is 5.53. The summed E-state index contributed by atoms with van der Waals surface area (Å²) in [4.78, 5) is 24.2. The number of rotatable bonds is 4. The van der Waals surface area contributed by atoms with Crippen LogP contribution in [0.2, 0.25) is 0 Å². The van der Waals surface area contributed by atoms with Gasteiger partial charge < -0.3 is 14.7 Å². The first-order valence-electron chi connectivity index (χ1n) is 5.53. The number of carboxylic acid groups (broad SMARTS) is 1. The molecule has 0 saturated carbocycles. The third kappa shape index (κ3) is 2.80. The van der Waals surface area contributed by atoms with E-state index in [0.717, 1.165) is 5.56 Å². The second-order valence-electron chi connectivity index (χ2n) is 4.11. The molecule has 0 heterocycles. The molecule has 1 amide bonds. The SMILES string of the molecule is COc1ccc(C(=O)N(C)C(C)C(=O)O)c(C)c1. The van der Waals surface area contributed by atoms with Crippen molar-refractivity contribution in [1.29, 1.82) is 0 Å². The van der Waals surface area contributed by atoms with Gasteiger partial charge in [-0.3, -0.25) is 4.79 Å². The zero-order valence-electron chi connectivity index (χ0n) is 10.9. The summed E-state index contributed by atoms with van der Waals surface area (Å²) in [5.41, 5.74) is 1.23. The van der Waals surface area contributed by atoms with Gasteiger partial charge in [0.05, 0.1) is 7.11 Å². The van der Waals surface area contributed by atoms with Crippen molar-refractivity contribution in [2.24, 2.45) is 0 Å². The number of carbonyl (C=O) groups is 2. The van der Waals surface area contributed by atoms with Crippen molar-refractivity contribution in [1.82, 2.24) is 4.90 Å². The lowest BCUT2D eigenvalue weighted by Crippen LogP contribution is -2.40. The zero-order valence-corrected chi connectivity index (χ0v) is 10.9. The van der Waals surface area contributed by atoms with Crippen LogP contribution in [0.25, 0.3) is 0 Å². The highest BCUT2D eigenvalue weighted by atomic mass is 16.5. The zero-order chi connectivity index (χ0) is 13.9. The molecular formula is C13H17NO4. The molecule has 1 N–H and O–H groups in total. The molecule has 0 radical (unpaired) electrons. The summed E-state index contributed by atoms with van der Waals surface area (Å²) < 4.78 is 5.06. The second-order valence-corrected chi connectivity index (χ2v) is 4.11. The first-order valence-corrected chi connectivity index (χ1v) is 5.53. The molecule has 1 rings (SSSR count). The van der Waals surface area contributed by atoms with E-state index in [1.54, 1.807) is 32.2 Å². The van der Waals surface area contributed by atoms with E-state index in [1.165, 1.54) is 18.9 Å². The lowest BCUT2D eigenvalue weighted by Gasteiger charge is -2.22. The van der Waals surface area contributed by atoms with Crippen molar-refractivity contribution in [3.05, 3.63) is 29.3 Å². The summed E-state index contributed by atoms with van der Waals surface area (Å²) in [7, 11) is 3.03. The van der Waals surface area contributed by atoms with Crippen LogP contribution in [0.1, 0.15) is 22.8 Å². The molecule has 1 aromatic rings. The van der Waals surface area contributed by atoms with Gasteiger partial charge in [0.25, 0.3) is 5.91 Å². The van der Waals surface area contributed by atoms with Crippen LogP contribution in [0.4, 0.5) is 0 Å². The highest BCUT2D eigenvalue weighted by Gasteiger charge is 2.23. The van der Waals surface area contributed by atoms with Crippen LogP contribution >= 0.6 is 0 Å². The minimum atomic E-state index is -1.03. The lowest BCUT2D eigenvalue weighted by molar-refractivity contribution is -0.141. The lowest BCUT2D eigenvalue weighted by atomic mass is 10.1. The number of amides is 1. The number of hydrogen-bond donors (Lipinski definition) is 1. The molecule has 0 spiro atoms. The molecule has 0 bridgehead atoms. The van der Waals surface area contributed by atoms with E-state index in [4.69, 9.17) is 9.84 Å². The Morgan fingerprint density at radius 3 is 2.44 bits per heavy atom. The highest BCUT2D eigenvalue weighted by Crippen LogP contribution is 2.18. The number of aryl methyl sites for hydroxylation is 1. The van der Waals surface area contributed by atoms with Crippen LogP contribution in [0.5, 0.6) is 5.75 Å². The van der Waals surface area contributed by atoms with Gasteiger partial charge in [0.15, 0.2) is 0 Å². The average Bonchev–Trinajstić information content (AvgIpc) is 2.35. The highest BCUT2D eigenvalue weighted by molar-refractivity contribution is 5.97. The van der Waals surface area contributed by atoms with Crippen LogP contribution in [-0.2, 0) is 4.79 Å². The molecule has 0 aromatic heterocycles. The number of hydrogen-bond acceptors (Lipinski definition) is 3. The molecule has 0 aliphatic rings. The normalized spacial score (nSPS) is 11.8. The van der Waals surface area contributed by atoms with Gasteiger partial charge in [0.2, 0.25) is 0 Å². The Hall–Kier alpha value is -2.04. The largest absolute Gasteiger partial charge is 0.497 e. The molecule has 1 aromatic carbocycles. The molecule has 18 heavy (non-hydrogen) atoms. The van der Waals surface area contributed by atoms with E-state index in [-0.39, 0.29) is 5.91 Å².